The Morgan fingerprint density at radius 1 is 1.17 bits per heavy atom. The molecule has 1 aromatic carbocycles. The number of carbonyl (C=O) groups is 4. The van der Waals surface area contributed by atoms with Gasteiger partial charge in [-0.25, -0.2) is 4.79 Å². The second-order valence-corrected chi connectivity index (χ2v) is 8.37. The number of nitrogens with zero attached hydrogens (tertiary/aromatic N) is 1. The van der Waals surface area contributed by atoms with Gasteiger partial charge in [-0.2, -0.15) is 0 Å². The molecule has 8 heteroatoms. The third-order valence-corrected chi connectivity index (χ3v) is 4.88. The highest BCUT2D eigenvalue weighted by molar-refractivity contribution is 6.02. The molecule has 0 unspecified atom stereocenters. The van der Waals surface area contributed by atoms with E-state index in [1.807, 2.05) is 0 Å². The van der Waals surface area contributed by atoms with Crippen molar-refractivity contribution in [1.29, 1.82) is 0 Å². The molecule has 0 spiro atoms. The second-order valence-electron chi connectivity index (χ2n) is 8.37. The number of hydrogen-bond donors (Lipinski definition) is 1. The molecule has 2 heterocycles. The van der Waals surface area contributed by atoms with Crippen LogP contribution in [-0.4, -0.2) is 54.0 Å². The van der Waals surface area contributed by atoms with Gasteiger partial charge in [0.15, 0.2) is 12.4 Å². The number of carbonyl (C=O) groups excluding carboxylic acids is 4. The monoisotopic (exact) mass is 402 g/mol. The van der Waals surface area contributed by atoms with E-state index in [9.17, 15) is 19.2 Å². The molecule has 2 aliphatic heterocycles. The van der Waals surface area contributed by atoms with Crippen LogP contribution in [0.25, 0.3) is 0 Å². The summed E-state index contributed by atoms with van der Waals surface area (Å²) in [4.78, 5) is 49.7. The maximum atomic E-state index is 12.3. The van der Waals surface area contributed by atoms with Gasteiger partial charge in [-0.1, -0.05) is 0 Å². The number of fused-ring (bicyclic) bond motifs is 1. The zero-order chi connectivity index (χ0) is 21.2. The van der Waals surface area contributed by atoms with E-state index >= 15 is 0 Å². The van der Waals surface area contributed by atoms with Crippen molar-refractivity contribution >= 4 is 29.4 Å². The fraction of sp³-hybridized carbons (Fsp3) is 0.524. The number of rotatable bonds is 4. The van der Waals surface area contributed by atoms with Crippen molar-refractivity contribution in [1.82, 2.24) is 4.90 Å². The molecular formula is C21H26N2O6. The highest BCUT2D eigenvalue weighted by Crippen LogP contribution is 2.24. The van der Waals surface area contributed by atoms with Crippen LogP contribution < -0.4 is 5.32 Å². The molecule has 3 rings (SSSR count). The highest BCUT2D eigenvalue weighted by Gasteiger charge is 2.31. The maximum Gasteiger partial charge on any atom is 0.410 e. The third kappa shape index (κ3) is 5.34. The smallest absolute Gasteiger partial charge is 0.410 e. The van der Waals surface area contributed by atoms with E-state index in [0.29, 0.717) is 37.2 Å². The van der Waals surface area contributed by atoms with Gasteiger partial charge in [-0.3, -0.25) is 14.4 Å². The average Bonchev–Trinajstić information content (AvgIpc) is 3.03. The standard InChI is InChI=1S/C21H26N2O6/c1-21(2,3)29-20(27)23-8-6-13(7-9-23)19(26)28-12-17(24)14-4-5-16-15(10-14)11-18(25)22-16/h4-5,10,13H,6-9,11-12H2,1-3H3,(H,22,25). The van der Waals surface area contributed by atoms with E-state index in [4.69, 9.17) is 9.47 Å². The molecule has 1 aromatic rings. The summed E-state index contributed by atoms with van der Waals surface area (Å²) >= 11 is 0. The van der Waals surface area contributed by atoms with Gasteiger partial charge in [-0.05, 0) is 57.4 Å². The molecule has 156 valence electrons. The van der Waals surface area contributed by atoms with Crippen molar-refractivity contribution < 1.29 is 28.7 Å². The van der Waals surface area contributed by atoms with Crippen molar-refractivity contribution in [3.8, 4) is 0 Å². The summed E-state index contributed by atoms with van der Waals surface area (Å²) in [5.41, 5.74) is 1.32. The van der Waals surface area contributed by atoms with Crippen LogP contribution in [0.1, 0.15) is 49.5 Å². The number of hydrogen-bond acceptors (Lipinski definition) is 6. The first-order chi connectivity index (χ1) is 13.6. The SMILES string of the molecule is CC(C)(C)OC(=O)N1CCC(C(=O)OCC(=O)c2ccc3c(c2)CC(=O)N3)CC1. The van der Waals surface area contributed by atoms with Crippen molar-refractivity contribution in [2.75, 3.05) is 25.0 Å². The Kier molecular flexibility index (Phi) is 5.91. The van der Waals surface area contributed by atoms with Gasteiger partial charge in [-0.15, -0.1) is 0 Å². The summed E-state index contributed by atoms with van der Waals surface area (Å²) in [6, 6.07) is 4.95. The molecule has 0 aromatic heterocycles. The minimum atomic E-state index is -0.561. The lowest BCUT2D eigenvalue weighted by Crippen LogP contribution is -2.43. The van der Waals surface area contributed by atoms with Crippen molar-refractivity contribution in [2.24, 2.45) is 5.92 Å². The van der Waals surface area contributed by atoms with Gasteiger partial charge in [0.25, 0.3) is 0 Å². The number of ether oxygens (including phenoxy) is 2. The van der Waals surface area contributed by atoms with Gasteiger partial charge < -0.3 is 19.7 Å². The first-order valence-electron chi connectivity index (χ1n) is 9.73. The minimum absolute atomic E-state index is 0.103. The van der Waals surface area contributed by atoms with Gasteiger partial charge >= 0.3 is 12.1 Å². The fourth-order valence-electron chi connectivity index (χ4n) is 3.36. The third-order valence-electron chi connectivity index (χ3n) is 4.88. The van der Waals surface area contributed by atoms with Crippen LogP contribution in [-0.2, 0) is 25.5 Å². The van der Waals surface area contributed by atoms with Crippen LogP contribution in [0.15, 0.2) is 18.2 Å². The second kappa shape index (κ2) is 8.23. The summed E-state index contributed by atoms with van der Waals surface area (Å²) in [7, 11) is 0. The molecule has 2 amide bonds. The van der Waals surface area contributed by atoms with Crippen LogP contribution >= 0.6 is 0 Å². The Balaban J connectivity index is 1.46. The van der Waals surface area contributed by atoms with Gasteiger partial charge in [0.05, 0.1) is 12.3 Å². The molecule has 2 aliphatic rings. The van der Waals surface area contributed by atoms with Crippen LogP contribution in [0.2, 0.25) is 0 Å². The van der Waals surface area contributed by atoms with E-state index in [1.165, 1.54) is 0 Å². The van der Waals surface area contributed by atoms with E-state index in [2.05, 4.69) is 5.32 Å². The lowest BCUT2D eigenvalue weighted by molar-refractivity contribution is -0.149. The predicted molar refractivity (Wildman–Crippen MR) is 105 cm³/mol. The van der Waals surface area contributed by atoms with Crippen LogP contribution in [0.5, 0.6) is 0 Å². The fourth-order valence-corrected chi connectivity index (χ4v) is 3.36. The molecule has 0 saturated carbocycles. The molecule has 1 saturated heterocycles. The Morgan fingerprint density at radius 3 is 2.52 bits per heavy atom. The van der Waals surface area contributed by atoms with E-state index in [-0.39, 0.29) is 36.7 Å². The predicted octanol–water partition coefficient (Wildman–Crippen LogP) is 2.55. The zero-order valence-electron chi connectivity index (χ0n) is 16.9. The summed E-state index contributed by atoms with van der Waals surface area (Å²) in [5.74, 6) is -1.19. The molecular weight excluding hydrogens is 376 g/mol. The molecule has 1 N–H and O–H groups in total. The Bertz CT molecular complexity index is 834. The largest absolute Gasteiger partial charge is 0.457 e. The van der Waals surface area contributed by atoms with Gasteiger partial charge in [0.1, 0.15) is 5.60 Å². The number of amides is 2. The van der Waals surface area contributed by atoms with E-state index < -0.39 is 11.6 Å². The maximum absolute atomic E-state index is 12.3. The molecule has 0 radical (unpaired) electrons. The number of anilines is 1. The highest BCUT2D eigenvalue weighted by atomic mass is 16.6. The quantitative estimate of drug-likeness (QED) is 0.613. The van der Waals surface area contributed by atoms with Crippen molar-refractivity contribution in [3.63, 3.8) is 0 Å². The number of likely N-dealkylation sites (tertiary alicyclic amines) is 1. The molecule has 1 fully saturated rings. The van der Waals surface area contributed by atoms with E-state index in [1.54, 1.807) is 43.9 Å². The first-order valence-corrected chi connectivity index (χ1v) is 9.73. The number of nitrogens with one attached hydrogen (secondary N) is 1. The number of ketones is 1. The Hall–Kier alpha value is -2.90. The summed E-state index contributed by atoms with van der Waals surface area (Å²) < 4.78 is 10.5. The molecule has 0 aliphatic carbocycles. The van der Waals surface area contributed by atoms with Gasteiger partial charge in [0, 0.05) is 24.3 Å². The number of piperidine rings is 1. The van der Waals surface area contributed by atoms with Crippen LogP contribution in [0, 0.1) is 5.92 Å². The Morgan fingerprint density at radius 2 is 1.86 bits per heavy atom. The zero-order valence-corrected chi connectivity index (χ0v) is 16.9. The van der Waals surface area contributed by atoms with Crippen LogP contribution in [0.4, 0.5) is 10.5 Å². The van der Waals surface area contributed by atoms with Crippen molar-refractivity contribution in [3.05, 3.63) is 29.3 Å². The van der Waals surface area contributed by atoms with Crippen LogP contribution in [0.3, 0.4) is 0 Å². The molecule has 8 nitrogen and oxygen atoms in total. The number of esters is 1. The lowest BCUT2D eigenvalue weighted by atomic mass is 9.97. The summed E-state index contributed by atoms with van der Waals surface area (Å²) in [5, 5.41) is 2.71. The normalized spacial score (nSPS) is 16.8. The molecule has 29 heavy (non-hydrogen) atoms. The summed E-state index contributed by atoms with van der Waals surface area (Å²) in [6.45, 7) is 5.90. The number of benzene rings is 1. The van der Waals surface area contributed by atoms with Gasteiger partial charge in [0.2, 0.25) is 5.91 Å². The Labute approximate surface area is 169 Å². The average molecular weight is 402 g/mol. The molecule has 0 atom stereocenters. The van der Waals surface area contributed by atoms with Crippen molar-refractivity contribution in [2.45, 2.75) is 45.6 Å². The lowest BCUT2D eigenvalue weighted by Gasteiger charge is -2.32. The number of Topliss-reactive ketones (excluding diaryl/α,β-unsaturated/α-hetero) is 1. The molecule has 0 bridgehead atoms. The minimum Gasteiger partial charge on any atom is -0.457 e. The summed E-state index contributed by atoms with van der Waals surface area (Å²) in [6.07, 6.45) is 0.800. The topological polar surface area (TPSA) is 102 Å². The first kappa shape index (κ1) is 20.8. The van der Waals surface area contributed by atoms with E-state index in [0.717, 1.165) is 5.56 Å².